The van der Waals surface area contributed by atoms with E-state index >= 15 is 0 Å². The minimum atomic E-state index is -4.33. The molecule has 0 saturated heterocycles. The molecular weight excluding hydrogens is 243 g/mol. The fourth-order valence-corrected chi connectivity index (χ4v) is 1.38. The van der Waals surface area contributed by atoms with E-state index in [1.165, 1.54) is 12.1 Å². The van der Waals surface area contributed by atoms with Gasteiger partial charge in [0.1, 0.15) is 12.4 Å². The summed E-state index contributed by atoms with van der Waals surface area (Å²) in [6.45, 7) is 5.08. The quantitative estimate of drug-likeness (QED) is 0.792. The average Bonchev–Trinajstić information content (AvgIpc) is 2.33. The van der Waals surface area contributed by atoms with E-state index in [1.807, 2.05) is 6.92 Å². The van der Waals surface area contributed by atoms with Crippen LogP contribution in [0.15, 0.2) is 24.3 Å². The minimum Gasteiger partial charge on any atom is -0.492 e. The second-order valence-electron chi connectivity index (χ2n) is 4.14. The molecule has 0 heterocycles. The number of hydrogen-bond acceptors (Lipinski definition) is 2. The molecule has 0 amide bonds. The third-order valence-corrected chi connectivity index (χ3v) is 2.64. The van der Waals surface area contributed by atoms with Crippen LogP contribution in [0.5, 0.6) is 5.75 Å². The number of nitrogens with one attached hydrogen (secondary N) is 1. The van der Waals surface area contributed by atoms with Crippen molar-refractivity contribution in [3.63, 3.8) is 0 Å². The number of halogens is 3. The molecule has 5 heteroatoms. The lowest BCUT2D eigenvalue weighted by molar-refractivity contribution is -0.137. The highest BCUT2D eigenvalue weighted by Gasteiger charge is 2.30. The van der Waals surface area contributed by atoms with Crippen molar-refractivity contribution in [2.24, 2.45) is 0 Å². The molecule has 0 spiro atoms. The van der Waals surface area contributed by atoms with E-state index in [2.05, 4.69) is 12.2 Å². The van der Waals surface area contributed by atoms with Crippen LogP contribution < -0.4 is 10.1 Å². The molecular formula is C13H18F3NO. The van der Waals surface area contributed by atoms with E-state index < -0.39 is 11.7 Å². The van der Waals surface area contributed by atoms with Crippen molar-refractivity contribution >= 4 is 0 Å². The molecule has 1 atom stereocenters. The molecule has 0 aromatic heterocycles. The van der Waals surface area contributed by atoms with E-state index in [1.54, 1.807) is 0 Å². The summed E-state index contributed by atoms with van der Waals surface area (Å²) in [4.78, 5) is 0. The highest BCUT2D eigenvalue weighted by Crippen LogP contribution is 2.31. The van der Waals surface area contributed by atoms with Crippen molar-refractivity contribution in [2.45, 2.75) is 32.5 Å². The molecule has 0 bridgehead atoms. The van der Waals surface area contributed by atoms with E-state index in [0.717, 1.165) is 18.6 Å². The lowest BCUT2D eigenvalue weighted by Crippen LogP contribution is -2.29. The third-order valence-electron chi connectivity index (χ3n) is 2.64. The predicted octanol–water partition coefficient (Wildman–Crippen LogP) is 3.47. The SMILES string of the molecule is CC[C@@H](C)NCCOc1cccc(C(F)(F)F)c1. The van der Waals surface area contributed by atoms with Crippen LogP contribution in [-0.2, 0) is 6.18 Å². The van der Waals surface area contributed by atoms with Gasteiger partial charge in [0.05, 0.1) is 5.56 Å². The van der Waals surface area contributed by atoms with Crippen LogP contribution in [0.1, 0.15) is 25.8 Å². The smallest absolute Gasteiger partial charge is 0.416 e. The first-order chi connectivity index (χ1) is 8.43. The van der Waals surface area contributed by atoms with Gasteiger partial charge < -0.3 is 10.1 Å². The number of rotatable bonds is 6. The zero-order valence-electron chi connectivity index (χ0n) is 10.6. The Morgan fingerprint density at radius 2 is 2.06 bits per heavy atom. The summed E-state index contributed by atoms with van der Waals surface area (Å²) >= 11 is 0. The van der Waals surface area contributed by atoms with Gasteiger partial charge >= 0.3 is 6.18 Å². The highest BCUT2D eigenvalue weighted by molar-refractivity contribution is 5.30. The predicted molar refractivity (Wildman–Crippen MR) is 64.7 cm³/mol. The summed E-state index contributed by atoms with van der Waals surface area (Å²) in [5, 5.41) is 3.20. The summed E-state index contributed by atoms with van der Waals surface area (Å²) in [5.41, 5.74) is -0.685. The number of alkyl halides is 3. The van der Waals surface area contributed by atoms with E-state index in [0.29, 0.717) is 19.2 Å². The van der Waals surface area contributed by atoms with Crippen LogP contribution in [0.3, 0.4) is 0 Å². The molecule has 0 aliphatic carbocycles. The van der Waals surface area contributed by atoms with Crippen LogP contribution in [0.4, 0.5) is 13.2 Å². The Morgan fingerprint density at radius 1 is 1.33 bits per heavy atom. The molecule has 1 aromatic carbocycles. The van der Waals surface area contributed by atoms with Crippen LogP contribution in [0.2, 0.25) is 0 Å². The normalized spacial score (nSPS) is 13.4. The summed E-state index contributed by atoms with van der Waals surface area (Å²) in [5.74, 6) is 0.246. The van der Waals surface area contributed by atoms with Gasteiger partial charge in [-0.1, -0.05) is 13.0 Å². The maximum Gasteiger partial charge on any atom is 0.416 e. The zero-order chi connectivity index (χ0) is 13.6. The summed E-state index contributed by atoms with van der Waals surface area (Å²) in [6, 6.07) is 5.31. The summed E-state index contributed by atoms with van der Waals surface area (Å²) in [6.07, 6.45) is -3.32. The Hall–Kier alpha value is -1.23. The Labute approximate surface area is 105 Å². The van der Waals surface area contributed by atoms with Crippen molar-refractivity contribution in [3.8, 4) is 5.75 Å². The van der Waals surface area contributed by atoms with Gasteiger partial charge in [0.15, 0.2) is 0 Å². The Bertz CT molecular complexity index is 365. The first-order valence-corrected chi connectivity index (χ1v) is 5.97. The van der Waals surface area contributed by atoms with Crippen LogP contribution in [-0.4, -0.2) is 19.2 Å². The molecule has 1 rings (SSSR count). The van der Waals surface area contributed by atoms with Crippen LogP contribution in [0.25, 0.3) is 0 Å². The average molecular weight is 261 g/mol. The van der Waals surface area contributed by atoms with Crippen molar-refractivity contribution < 1.29 is 17.9 Å². The van der Waals surface area contributed by atoms with Crippen molar-refractivity contribution in [3.05, 3.63) is 29.8 Å². The van der Waals surface area contributed by atoms with Crippen molar-refractivity contribution in [2.75, 3.05) is 13.2 Å². The van der Waals surface area contributed by atoms with E-state index in [4.69, 9.17) is 4.74 Å². The van der Waals surface area contributed by atoms with Crippen molar-refractivity contribution in [1.29, 1.82) is 0 Å². The van der Waals surface area contributed by atoms with Crippen molar-refractivity contribution in [1.82, 2.24) is 5.32 Å². The second kappa shape index (κ2) is 6.64. The van der Waals surface area contributed by atoms with E-state index in [-0.39, 0.29) is 5.75 Å². The Morgan fingerprint density at radius 3 is 2.67 bits per heavy atom. The second-order valence-corrected chi connectivity index (χ2v) is 4.14. The molecule has 0 aliphatic rings. The van der Waals surface area contributed by atoms with Gasteiger partial charge in [-0.3, -0.25) is 0 Å². The van der Waals surface area contributed by atoms with E-state index in [9.17, 15) is 13.2 Å². The van der Waals surface area contributed by atoms with Gasteiger partial charge in [-0.15, -0.1) is 0 Å². The van der Waals surface area contributed by atoms with Gasteiger partial charge in [0, 0.05) is 12.6 Å². The largest absolute Gasteiger partial charge is 0.492 e. The standard InChI is InChI=1S/C13H18F3NO/c1-3-10(2)17-7-8-18-12-6-4-5-11(9-12)13(14,15)16/h4-6,9-10,17H,3,7-8H2,1-2H3/t10-/m1/s1. The number of hydrogen-bond donors (Lipinski definition) is 1. The molecule has 0 fully saturated rings. The molecule has 0 radical (unpaired) electrons. The van der Waals surface area contributed by atoms with Gasteiger partial charge in [0.2, 0.25) is 0 Å². The number of ether oxygens (including phenoxy) is 1. The highest BCUT2D eigenvalue weighted by atomic mass is 19.4. The monoisotopic (exact) mass is 261 g/mol. The first kappa shape index (κ1) is 14.8. The molecule has 102 valence electrons. The summed E-state index contributed by atoms with van der Waals surface area (Å²) < 4.78 is 42.6. The molecule has 18 heavy (non-hydrogen) atoms. The van der Waals surface area contributed by atoms with Crippen LogP contribution >= 0.6 is 0 Å². The van der Waals surface area contributed by atoms with Gasteiger partial charge in [0.25, 0.3) is 0 Å². The topological polar surface area (TPSA) is 21.3 Å². The first-order valence-electron chi connectivity index (χ1n) is 5.97. The molecule has 0 aliphatic heterocycles. The van der Waals surface area contributed by atoms with Gasteiger partial charge in [-0.2, -0.15) is 13.2 Å². The fraction of sp³-hybridized carbons (Fsp3) is 0.538. The Balaban J connectivity index is 2.43. The number of benzene rings is 1. The zero-order valence-corrected chi connectivity index (χ0v) is 10.6. The molecule has 0 saturated carbocycles. The molecule has 1 N–H and O–H groups in total. The minimum absolute atomic E-state index is 0.246. The van der Waals surface area contributed by atoms with Gasteiger partial charge in [-0.25, -0.2) is 0 Å². The maximum atomic E-state index is 12.4. The maximum absolute atomic E-state index is 12.4. The van der Waals surface area contributed by atoms with Gasteiger partial charge in [-0.05, 0) is 31.5 Å². The third kappa shape index (κ3) is 4.96. The lowest BCUT2D eigenvalue weighted by Gasteiger charge is -2.13. The fourth-order valence-electron chi connectivity index (χ4n) is 1.38. The molecule has 2 nitrogen and oxygen atoms in total. The summed E-state index contributed by atoms with van der Waals surface area (Å²) in [7, 11) is 0. The Kier molecular flexibility index (Phi) is 5.47. The molecule has 0 unspecified atom stereocenters. The molecule has 1 aromatic rings. The lowest BCUT2D eigenvalue weighted by atomic mass is 10.2. The van der Waals surface area contributed by atoms with Crippen LogP contribution in [0, 0.1) is 0 Å².